The van der Waals surface area contributed by atoms with Crippen molar-refractivity contribution in [1.82, 2.24) is 14.8 Å². The molecule has 0 spiro atoms. The van der Waals surface area contributed by atoms with Crippen molar-refractivity contribution in [1.29, 1.82) is 0 Å². The van der Waals surface area contributed by atoms with Crippen LogP contribution in [-0.4, -0.2) is 20.5 Å². The number of ketones is 1. The van der Waals surface area contributed by atoms with E-state index < -0.39 is 0 Å². The number of aryl methyl sites for hydroxylation is 1. The summed E-state index contributed by atoms with van der Waals surface area (Å²) in [5.41, 5.74) is 2.90. The Kier molecular flexibility index (Phi) is 4.10. The standard InChI is InChI=1S/C18H23N3O/c1-4-12(3)18(22)17-13(5-2)8-9-16(20-17)21-11-15(10-19-21)14-6-7-14/h8-12,14H,4-7H2,1-3H3. The number of hydrogen-bond donors (Lipinski definition) is 0. The number of pyridine rings is 1. The topological polar surface area (TPSA) is 47.8 Å². The van der Waals surface area contributed by atoms with Crippen LogP contribution in [0, 0.1) is 5.92 Å². The van der Waals surface area contributed by atoms with Gasteiger partial charge in [0.05, 0.1) is 6.20 Å². The van der Waals surface area contributed by atoms with Gasteiger partial charge in [-0.2, -0.15) is 5.10 Å². The van der Waals surface area contributed by atoms with Gasteiger partial charge in [-0.3, -0.25) is 4.79 Å². The zero-order valence-electron chi connectivity index (χ0n) is 13.5. The van der Waals surface area contributed by atoms with Crippen LogP contribution in [0.4, 0.5) is 0 Å². The van der Waals surface area contributed by atoms with Gasteiger partial charge < -0.3 is 0 Å². The summed E-state index contributed by atoms with van der Waals surface area (Å²) in [6.45, 7) is 6.06. The lowest BCUT2D eigenvalue weighted by atomic mass is 9.97. The molecule has 0 radical (unpaired) electrons. The first-order chi connectivity index (χ1) is 10.6. The van der Waals surface area contributed by atoms with Crippen LogP contribution in [0.1, 0.15) is 67.6 Å². The summed E-state index contributed by atoms with van der Waals surface area (Å²) in [5, 5.41) is 4.41. The highest BCUT2D eigenvalue weighted by molar-refractivity contribution is 5.97. The highest BCUT2D eigenvalue weighted by atomic mass is 16.1. The van der Waals surface area contributed by atoms with Crippen molar-refractivity contribution >= 4 is 5.78 Å². The lowest BCUT2D eigenvalue weighted by Crippen LogP contribution is -2.16. The van der Waals surface area contributed by atoms with Gasteiger partial charge in [-0.15, -0.1) is 0 Å². The molecule has 0 N–H and O–H groups in total. The number of aromatic nitrogens is 3. The fourth-order valence-corrected chi connectivity index (χ4v) is 2.61. The highest BCUT2D eigenvalue weighted by Crippen LogP contribution is 2.39. The van der Waals surface area contributed by atoms with Gasteiger partial charge in [0, 0.05) is 12.1 Å². The Hall–Kier alpha value is -1.97. The molecule has 1 unspecified atom stereocenters. The number of hydrogen-bond acceptors (Lipinski definition) is 3. The lowest BCUT2D eigenvalue weighted by molar-refractivity contribution is 0.0921. The van der Waals surface area contributed by atoms with E-state index in [0.29, 0.717) is 11.6 Å². The van der Waals surface area contributed by atoms with Crippen LogP contribution in [0.25, 0.3) is 5.82 Å². The molecule has 1 aliphatic carbocycles. The van der Waals surface area contributed by atoms with Crippen LogP contribution in [0.5, 0.6) is 0 Å². The Morgan fingerprint density at radius 1 is 1.36 bits per heavy atom. The minimum Gasteiger partial charge on any atom is -0.292 e. The molecule has 1 atom stereocenters. The van der Waals surface area contributed by atoms with Crippen LogP contribution < -0.4 is 0 Å². The fourth-order valence-electron chi connectivity index (χ4n) is 2.61. The van der Waals surface area contributed by atoms with Gasteiger partial charge in [-0.1, -0.05) is 26.8 Å². The molecule has 4 heteroatoms. The van der Waals surface area contributed by atoms with Gasteiger partial charge in [0.15, 0.2) is 11.6 Å². The zero-order chi connectivity index (χ0) is 15.7. The first kappa shape index (κ1) is 14.9. The summed E-state index contributed by atoms with van der Waals surface area (Å²) >= 11 is 0. The molecule has 116 valence electrons. The van der Waals surface area contributed by atoms with Crippen LogP contribution >= 0.6 is 0 Å². The average Bonchev–Trinajstić information content (AvgIpc) is 3.30. The molecule has 0 amide bonds. The Bertz CT molecular complexity index is 685. The van der Waals surface area contributed by atoms with E-state index in [2.05, 4.69) is 17.0 Å². The van der Waals surface area contributed by atoms with Crippen molar-refractivity contribution < 1.29 is 4.79 Å². The van der Waals surface area contributed by atoms with Gasteiger partial charge in [0.2, 0.25) is 0 Å². The summed E-state index contributed by atoms with van der Waals surface area (Å²) in [4.78, 5) is 17.2. The molecule has 2 heterocycles. The van der Waals surface area contributed by atoms with Gasteiger partial charge >= 0.3 is 0 Å². The van der Waals surface area contributed by atoms with E-state index in [-0.39, 0.29) is 11.7 Å². The lowest BCUT2D eigenvalue weighted by Gasteiger charge is -2.12. The van der Waals surface area contributed by atoms with E-state index >= 15 is 0 Å². The molecular weight excluding hydrogens is 274 g/mol. The first-order valence-electron chi connectivity index (χ1n) is 8.23. The van der Waals surface area contributed by atoms with Gasteiger partial charge in [-0.05, 0) is 48.8 Å². The normalized spacial score (nSPS) is 15.8. The molecule has 3 rings (SSSR count). The van der Waals surface area contributed by atoms with Crippen molar-refractivity contribution in [2.75, 3.05) is 0 Å². The molecule has 1 saturated carbocycles. The molecule has 0 aromatic carbocycles. The molecule has 0 aliphatic heterocycles. The van der Waals surface area contributed by atoms with Crippen molar-refractivity contribution in [2.24, 2.45) is 5.92 Å². The fraction of sp³-hybridized carbons (Fsp3) is 0.500. The molecule has 2 aromatic rings. The molecular formula is C18H23N3O. The average molecular weight is 297 g/mol. The summed E-state index contributed by atoms with van der Waals surface area (Å²) in [6, 6.07) is 3.96. The van der Waals surface area contributed by atoms with E-state index in [4.69, 9.17) is 0 Å². The van der Waals surface area contributed by atoms with Crippen LogP contribution in [0.15, 0.2) is 24.5 Å². The van der Waals surface area contributed by atoms with E-state index in [0.717, 1.165) is 24.2 Å². The second-order valence-corrected chi connectivity index (χ2v) is 6.20. The Morgan fingerprint density at radius 3 is 2.77 bits per heavy atom. The second-order valence-electron chi connectivity index (χ2n) is 6.20. The maximum atomic E-state index is 12.6. The molecule has 1 fully saturated rings. The smallest absolute Gasteiger partial charge is 0.184 e. The largest absolute Gasteiger partial charge is 0.292 e. The summed E-state index contributed by atoms with van der Waals surface area (Å²) in [6.07, 6.45) is 8.13. The monoisotopic (exact) mass is 297 g/mol. The number of Topliss-reactive ketones (excluding diaryl/α,β-unsaturated/α-hetero) is 1. The van der Waals surface area contributed by atoms with E-state index in [1.807, 2.05) is 38.4 Å². The van der Waals surface area contributed by atoms with Gasteiger partial charge in [0.25, 0.3) is 0 Å². The molecule has 4 nitrogen and oxygen atoms in total. The molecule has 0 saturated heterocycles. The quantitative estimate of drug-likeness (QED) is 0.759. The van der Waals surface area contributed by atoms with Gasteiger partial charge in [-0.25, -0.2) is 9.67 Å². The van der Waals surface area contributed by atoms with Crippen molar-refractivity contribution in [2.45, 2.75) is 52.4 Å². The second kappa shape index (κ2) is 6.03. The summed E-state index contributed by atoms with van der Waals surface area (Å²) in [5.74, 6) is 1.55. The minimum absolute atomic E-state index is 0.00713. The third-order valence-corrected chi connectivity index (χ3v) is 4.52. The van der Waals surface area contributed by atoms with Gasteiger partial charge in [0.1, 0.15) is 5.69 Å². The van der Waals surface area contributed by atoms with Crippen molar-refractivity contribution in [3.63, 3.8) is 0 Å². The molecule has 2 aromatic heterocycles. The number of nitrogens with zero attached hydrogens (tertiary/aromatic N) is 3. The Morgan fingerprint density at radius 2 is 2.14 bits per heavy atom. The van der Waals surface area contributed by atoms with Crippen LogP contribution in [0.2, 0.25) is 0 Å². The molecule has 1 aliphatic rings. The predicted molar refractivity (Wildman–Crippen MR) is 86.5 cm³/mol. The van der Waals surface area contributed by atoms with Crippen LogP contribution in [-0.2, 0) is 6.42 Å². The SMILES string of the molecule is CCc1ccc(-n2cc(C3CC3)cn2)nc1C(=O)C(C)CC. The van der Waals surface area contributed by atoms with Crippen molar-refractivity contribution in [3.8, 4) is 5.82 Å². The summed E-state index contributed by atoms with van der Waals surface area (Å²) < 4.78 is 1.79. The third kappa shape index (κ3) is 2.82. The molecule has 0 bridgehead atoms. The number of carbonyl (C=O) groups is 1. The maximum Gasteiger partial charge on any atom is 0.184 e. The predicted octanol–water partition coefficient (Wildman–Crippen LogP) is 3.94. The minimum atomic E-state index is 0.00713. The van der Waals surface area contributed by atoms with Crippen LogP contribution in [0.3, 0.4) is 0 Å². The summed E-state index contributed by atoms with van der Waals surface area (Å²) in [7, 11) is 0. The Balaban J connectivity index is 1.96. The van der Waals surface area contributed by atoms with E-state index in [1.165, 1.54) is 18.4 Å². The first-order valence-corrected chi connectivity index (χ1v) is 8.23. The van der Waals surface area contributed by atoms with E-state index in [9.17, 15) is 4.79 Å². The molecule has 22 heavy (non-hydrogen) atoms. The van der Waals surface area contributed by atoms with Crippen molar-refractivity contribution in [3.05, 3.63) is 41.3 Å². The Labute approximate surface area is 131 Å². The number of carbonyl (C=O) groups excluding carboxylic acids is 1. The maximum absolute atomic E-state index is 12.6. The highest BCUT2D eigenvalue weighted by Gasteiger charge is 2.25. The third-order valence-electron chi connectivity index (χ3n) is 4.52. The van der Waals surface area contributed by atoms with E-state index in [1.54, 1.807) is 4.68 Å². The number of rotatable bonds is 6. The zero-order valence-corrected chi connectivity index (χ0v) is 13.5.